The van der Waals surface area contributed by atoms with E-state index in [0.29, 0.717) is 6.10 Å². The van der Waals surface area contributed by atoms with Gasteiger partial charge < -0.3 is 9.64 Å². The summed E-state index contributed by atoms with van der Waals surface area (Å²) in [4.78, 5) is 2.39. The molecule has 1 saturated heterocycles. The standard InChI is InChI=1S/C20H41NO/c1-4-5-6-7-8-9-10-11-12-13-14-15-16-19(21(2)3)17-20-18-22-20/h19-20H,4-18H2,1-3H3. The first kappa shape index (κ1) is 20.0. The summed E-state index contributed by atoms with van der Waals surface area (Å²) in [6.45, 7) is 3.29. The highest BCUT2D eigenvalue weighted by molar-refractivity contribution is 4.78. The van der Waals surface area contributed by atoms with Gasteiger partial charge in [-0.3, -0.25) is 0 Å². The van der Waals surface area contributed by atoms with Crippen molar-refractivity contribution in [3.63, 3.8) is 0 Å². The van der Waals surface area contributed by atoms with Crippen molar-refractivity contribution >= 4 is 0 Å². The smallest absolute Gasteiger partial charge is 0.0824 e. The molecule has 0 amide bonds. The number of ether oxygens (including phenoxy) is 1. The van der Waals surface area contributed by atoms with Crippen LogP contribution in [-0.2, 0) is 4.74 Å². The molecule has 0 radical (unpaired) electrons. The third-order valence-electron chi connectivity index (χ3n) is 5.06. The van der Waals surface area contributed by atoms with E-state index in [1.165, 1.54) is 89.9 Å². The van der Waals surface area contributed by atoms with E-state index in [0.717, 1.165) is 12.6 Å². The van der Waals surface area contributed by atoms with Gasteiger partial charge in [0, 0.05) is 6.04 Å². The first-order chi connectivity index (χ1) is 10.7. The van der Waals surface area contributed by atoms with Crippen LogP contribution in [0, 0.1) is 0 Å². The Bertz CT molecular complexity index is 238. The maximum Gasteiger partial charge on any atom is 0.0824 e. The molecular weight excluding hydrogens is 270 g/mol. The predicted octanol–water partition coefficient (Wildman–Crippen LogP) is 5.80. The van der Waals surface area contributed by atoms with Crippen LogP contribution in [0.3, 0.4) is 0 Å². The van der Waals surface area contributed by atoms with E-state index in [4.69, 9.17) is 4.74 Å². The molecule has 0 aliphatic carbocycles. The van der Waals surface area contributed by atoms with Gasteiger partial charge in [-0.25, -0.2) is 0 Å². The molecule has 1 rings (SSSR count). The Balaban J connectivity index is 1.80. The van der Waals surface area contributed by atoms with E-state index < -0.39 is 0 Å². The Morgan fingerprint density at radius 2 is 1.27 bits per heavy atom. The third-order valence-corrected chi connectivity index (χ3v) is 5.06. The van der Waals surface area contributed by atoms with Gasteiger partial charge in [-0.15, -0.1) is 0 Å². The molecule has 0 saturated carbocycles. The van der Waals surface area contributed by atoms with Crippen LogP contribution in [0.1, 0.15) is 96.8 Å². The van der Waals surface area contributed by atoms with E-state index in [1.54, 1.807) is 0 Å². The van der Waals surface area contributed by atoms with Crippen LogP contribution in [0.5, 0.6) is 0 Å². The molecule has 2 nitrogen and oxygen atoms in total. The maximum absolute atomic E-state index is 5.38. The van der Waals surface area contributed by atoms with Crippen molar-refractivity contribution in [2.24, 2.45) is 0 Å². The number of epoxide rings is 1. The number of nitrogens with zero attached hydrogens (tertiary/aromatic N) is 1. The van der Waals surface area contributed by atoms with Gasteiger partial charge in [0.25, 0.3) is 0 Å². The molecule has 1 aliphatic rings. The lowest BCUT2D eigenvalue weighted by atomic mass is 10.0. The number of hydrogen-bond acceptors (Lipinski definition) is 2. The Labute approximate surface area is 140 Å². The van der Waals surface area contributed by atoms with Crippen molar-refractivity contribution in [3.05, 3.63) is 0 Å². The molecule has 0 spiro atoms. The van der Waals surface area contributed by atoms with Gasteiger partial charge in [-0.2, -0.15) is 0 Å². The second-order valence-electron chi connectivity index (χ2n) is 7.49. The minimum atomic E-state index is 0.574. The molecular formula is C20H41NO. The molecule has 1 heterocycles. The lowest BCUT2D eigenvalue weighted by Crippen LogP contribution is -2.29. The summed E-state index contributed by atoms with van der Waals surface area (Å²) in [5, 5.41) is 0. The van der Waals surface area contributed by atoms with Gasteiger partial charge in [0.15, 0.2) is 0 Å². The lowest BCUT2D eigenvalue weighted by Gasteiger charge is -2.23. The van der Waals surface area contributed by atoms with Gasteiger partial charge >= 0.3 is 0 Å². The van der Waals surface area contributed by atoms with Gasteiger partial charge in [-0.05, 0) is 26.9 Å². The third kappa shape index (κ3) is 11.5. The zero-order chi connectivity index (χ0) is 16.0. The summed E-state index contributed by atoms with van der Waals surface area (Å²) < 4.78 is 5.38. The van der Waals surface area contributed by atoms with Gasteiger partial charge in [0.1, 0.15) is 0 Å². The van der Waals surface area contributed by atoms with E-state index >= 15 is 0 Å². The number of hydrogen-bond donors (Lipinski definition) is 0. The molecule has 2 unspecified atom stereocenters. The van der Waals surface area contributed by atoms with Crippen molar-refractivity contribution in [2.45, 2.75) is 109 Å². The molecule has 0 aromatic carbocycles. The normalized spacial score (nSPS) is 18.8. The summed E-state index contributed by atoms with van der Waals surface area (Å²) in [6, 6.07) is 0.732. The van der Waals surface area contributed by atoms with E-state index in [1.807, 2.05) is 0 Å². The van der Waals surface area contributed by atoms with Gasteiger partial charge in [0.05, 0.1) is 12.7 Å². The van der Waals surface area contributed by atoms with Gasteiger partial charge in [0.2, 0.25) is 0 Å². The summed E-state index contributed by atoms with van der Waals surface area (Å²) in [5.41, 5.74) is 0. The van der Waals surface area contributed by atoms with Gasteiger partial charge in [-0.1, -0.05) is 84.0 Å². The number of unbranched alkanes of at least 4 members (excludes halogenated alkanes) is 11. The molecule has 1 fully saturated rings. The SMILES string of the molecule is CCCCCCCCCCCCCCC(CC1CO1)N(C)C. The summed E-state index contributed by atoms with van der Waals surface area (Å²) in [5.74, 6) is 0. The highest BCUT2D eigenvalue weighted by Gasteiger charge is 2.27. The predicted molar refractivity (Wildman–Crippen MR) is 97.5 cm³/mol. The summed E-state index contributed by atoms with van der Waals surface area (Å²) in [7, 11) is 4.43. The largest absolute Gasteiger partial charge is 0.373 e. The molecule has 0 N–H and O–H groups in total. The van der Waals surface area contributed by atoms with E-state index in [9.17, 15) is 0 Å². The van der Waals surface area contributed by atoms with Crippen molar-refractivity contribution in [2.75, 3.05) is 20.7 Å². The van der Waals surface area contributed by atoms with Crippen LogP contribution >= 0.6 is 0 Å². The second kappa shape index (κ2) is 13.4. The van der Waals surface area contributed by atoms with Crippen molar-refractivity contribution in [3.8, 4) is 0 Å². The minimum Gasteiger partial charge on any atom is -0.373 e. The molecule has 2 heteroatoms. The van der Waals surface area contributed by atoms with Crippen LogP contribution in [0.2, 0.25) is 0 Å². The van der Waals surface area contributed by atoms with E-state index in [-0.39, 0.29) is 0 Å². The zero-order valence-corrected chi connectivity index (χ0v) is 15.6. The lowest BCUT2D eigenvalue weighted by molar-refractivity contribution is 0.235. The first-order valence-corrected chi connectivity index (χ1v) is 10.0. The quantitative estimate of drug-likeness (QED) is 0.264. The molecule has 0 bridgehead atoms. The first-order valence-electron chi connectivity index (χ1n) is 10.0. The van der Waals surface area contributed by atoms with Crippen LogP contribution in [-0.4, -0.2) is 37.7 Å². The highest BCUT2D eigenvalue weighted by atomic mass is 16.6. The zero-order valence-electron chi connectivity index (χ0n) is 15.6. The fourth-order valence-electron chi connectivity index (χ4n) is 3.32. The molecule has 0 aromatic rings. The molecule has 2 atom stereocenters. The monoisotopic (exact) mass is 311 g/mol. The second-order valence-corrected chi connectivity index (χ2v) is 7.49. The molecule has 1 aliphatic heterocycles. The molecule has 22 heavy (non-hydrogen) atoms. The van der Waals surface area contributed by atoms with Crippen molar-refractivity contribution in [1.82, 2.24) is 4.90 Å². The highest BCUT2D eigenvalue weighted by Crippen LogP contribution is 2.21. The van der Waals surface area contributed by atoms with Crippen LogP contribution in [0.15, 0.2) is 0 Å². The number of rotatable bonds is 16. The minimum absolute atomic E-state index is 0.574. The average Bonchev–Trinajstić information content (AvgIpc) is 3.31. The topological polar surface area (TPSA) is 15.8 Å². The average molecular weight is 312 g/mol. The fraction of sp³-hybridized carbons (Fsp3) is 1.00. The molecule has 0 aromatic heterocycles. The van der Waals surface area contributed by atoms with Crippen LogP contribution in [0.25, 0.3) is 0 Å². The Hall–Kier alpha value is -0.0800. The van der Waals surface area contributed by atoms with Crippen LogP contribution < -0.4 is 0 Å². The summed E-state index contributed by atoms with van der Waals surface area (Å²) >= 11 is 0. The fourth-order valence-corrected chi connectivity index (χ4v) is 3.32. The summed E-state index contributed by atoms with van der Waals surface area (Å²) in [6.07, 6.45) is 20.4. The van der Waals surface area contributed by atoms with Crippen molar-refractivity contribution in [1.29, 1.82) is 0 Å². The Morgan fingerprint density at radius 1 is 0.818 bits per heavy atom. The van der Waals surface area contributed by atoms with E-state index in [2.05, 4.69) is 25.9 Å². The Kier molecular flexibility index (Phi) is 12.1. The van der Waals surface area contributed by atoms with Crippen LogP contribution in [0.4, 0.5) is 0 Å². The maximum atomic E-state index is 5.38. The molecule has 132 valence electrons. The van der Waals surface area contributed by atoms with Crippen molar-refractivity contribution < 1.29 is 4.74 Å². The Morgan fingerprint density at radius 3 is 1.68 bits per heavy atom.